The lowest BCUT2D eigenvalue weighted by Gasteiger charge is -2.09. The number of H-pyrrole nitrogens is 1. The number of aromatic nitrogens is 2. The van der Waals surface area contributed by atoms with Crippen LogP contribution in [0.3, 0.4) is 0 Å². The number of benzene rings is 1. The second-order valence-corrected chi connectivity index (χ2v) is 7.21. The minimum Gasteiger partial charge on any atom is -0.308 e. The van der Waals surface area contributed by atoms with E-state index in [0.717, 1.165) is 25.7 Å². The first kappa shape index (κ1) is 16.0. The van der Waals surface area contributed by atoms with Gasteiger partial charge in [0.15, 0.2) is 11.7 Å². The van der Waals surface area contributed by atoms with E-state index in [1.54, 1.807) is 24.3 Å². The highest BCUT2D eigenvalue weighted by Gasteiger charge is 2.37. The van der Waals surface area contributed by atoms with E-state index < -0.39 is 5.92 Å². The minimum atomic E-state index is -1.11. The van der Waals surface area contributed by atoms with Crippen LogP contribution in [0.1, 0.15) is 37.4 Å². The van der Waals surface area contributed by atoms with Gasteiger partial charge in [-0.15, -0.1) is 0 Å². The maximum atomic E-state index is 12.7. The van der Waals surface area contributed by atoms with Crippen molar-refractivity contribution in [3.8, 4) is 6.07 Å². The van der Waals surface area contributed by atoms with Gasteiger partial charge >= 0.3 is 0 Å². The fraction of sp³-hybridized carbons (Fsp3) is 0.368. The molecule has 6 heteroatoms. The molecule has 1 aromatic carbocycles. The van der Waals surface area contributed by atoms with Gasteiger partial charge in [-0.25, -0.2) is 4.98 Å². The van der Waals surface area contributed by atoms with Gasteiger partial charge in [-0.1, -0.05) is 17.2 Å². The van der Waals surface area contributed by atoms with Crippen LogP contribution in [-0.4, -0.2) is 15.8 Å². The number of carbonyl (C=O) groups excluding carboxylic acids is 1. The van der Waals surface area contributed by atoms with E-state index in [4.69, 9.17) is 11.6 Å². The van der Waals surface area contributed by atoms with Crippen molar-refractivity contribution in [3.63, 3.8) is 0 Å². The number of halogens is 1. The number of fused-ring (bicyclic) bond motifs is 1. The summed E-state index contributed by atoms with van der Waals surface area (Å²) >= 11 is 5.96. The number of hydrogen-bond acceptors (Lipinski definition) is 4. The van der Waals surface area contributed by atoms with Crippen molar-refractivity contribution in [1.29, 1.82) is 5.26 Å². The van der Waals surface area contributed by atoms with Crippen molar-refractivity contribution in [2.45, 2.75) is 31.6 Å². The van der Waals surface area contributed by atoms with Crippen LogP contribution in [0, 0.1) is 23.2 Å². The smallest absolute Gasteiger partial charge is 0.258 e. The molecule has 5 nitrogen and oxygen atoms in total. The highest BCUT2D eigenvalue weighted by molar-refractivity contribution is 6.31. The van der Waals surface area contributed by atoms with Gasteiger partial charge in [0.25, 0.3) is 5.56 Å². The number of aromatic amines is 1. The summed E-state index contributed by atoms with van der Waals surface area (Å²) in [4.78, 5) is 31.8. The van der Waals surface area contributed by atoms with Crippen LogP contribution in [0.2, 0.25) is 5.02 Å². The molecule has 1 N–H and O–H groups in total. The van der Waals surface area contributed by atoms with Crippen molar-refractivity contribution in [2.75, 3.05) is 0 Å². The Hall–Kier alpha value is -2.45. The molecule has 2 fully saturated rings. The third kappa shape index (κ3) is 3.22. The van der Waals surface area contributed by atoms with E-state index in [1.165, 1.54) is 5.57 Å². The third-order valence-corrected chi connectivity index (χ3v) is 5.02. The SMILES string of the molecule is N#CC(C(=O)C=C(C1CC1)C1CC1)c1nc2cc(Cl)ccc2c(=O)[nH]1. The molecule has 2 aliphatic carbocycles. The monoisotopic (exact) mass is 353 g/mol. The molecule has 4 rings (SSSR count). The number of ketones is 1. The molecular formula is C19H16ClN3O2. The Morgan fingerprint density at radius 3 is 2.60 bits per heavy atom. The van der Waals surface area contributed by atoms with Crippen LogP contribution in [0.25, 0.3) is 10.9 Å². The Labute approximate surface area is 149 Å². The van der Waals surface area contributed by atoms with Crippen LogP contribution >= 0.6 is 11.6 Å². The molecule has 0 amide bonds. The Bertz CT molecular complexity index is 980. The van der Waals surface area contributed by atoms with Crippen LogP contribution in [0.5, 0.6) is 0 Å². The lowest BCUT2D eigenvalue weighted by Crippen LogP contribution is -2.19. The summed E-state index contributed by atoms with van der Waals surface area (Å²) in [5, 5.41) is 10.3. The third-order valence-electron chi connectivity index (χ3n) is 4.78. The predicted octanol–water partition coefficient (Wildman–Crippen LogP) is 3.50. The molecule has 1 heterocycles. The lowest BCUT2D eigenvalue weighted by atomic mass is 9.98. The predicted molar refractivity (Wildman–Crippen MR) is 94.3 cm³/mol. The standard InChI is InChI=1S/C19H16ClN3O2/c20-12-5-6-13-16(7-12)22-18(23-19(13)25)15(9-21)17(24)8-14(10-1-2-10)11-3-4-11/h5-8,10-11,15H,1-4H2,(H,22,23,25). The average Bonchev–Trinajstić information content (AvgIpc) is 3.47. The quantitative estimate of drug-likeness (QED) is 0.833. The molecule has 1 atom stereocenters. The van der Waals surface area contributed by atoms with Gasteiger partial charge in [0.1, 0.15) is 5.82 Å². The van der Waals surface area contributed by atoms with E-state index >= 15 is 0 Å². The van der Waals surface area contributed by atoms with Crippen molar-refractivity contribution >= 4 is 28.3 Å². The molecule has 0 bridgehead atoms. The highest BCUT2D eigenvalue weighted by atomic mass is 35.5. The van der Waals surface area contributed by atoms with E-state index in [0.29, 0.717) is 27.8 Å². The van der Waals surface area contributed by atoms with Gasteiger partial charge in [-0.2, -0.15) is 5.26 Å². The van der Waals surface area contributed by atoms with E-state index in [9.17, 15) is 14.9 Å². The summed E-state index contributed by atoms with van der Waals surface area (Å²) in [6.07, 6.45) is 6.12. The average molecular weight is 354 g/mol. The molecule has 1 unspecified atom stereocenters. The first-order valence-electron chi connectivity index (χ1n) is 8.41. The zero-order valence-corrected chi connectivity index (χ0v) is 14.2. The van der Waals surface area contributed by atoms with Crippen molar-refractivity contribution in [2.24, 2.45) is 11.8 Å². The molecule has 2 aliphatic rings. The normalized spacial score (nSPS) is 17.8. The van der Waals surface area contributed by atoms with E-state index in [-0.39, 0.29) is 17.2 Å². The fourth-order valence-corrected chi connectivity index (χ4v) is 3.34. The van der Waals surface area contributed by atoms with Crippen molar-refractivity contribution in [1.82, 2.24) is 9.97 Å². The van der Waals surface area contributed by atoms with Gasteiger partial charge in [-0.3, -0.25) is 9.59 Å². The van der Waals surface area contributed by atoms with E-state index in [2.05, 4.69) is 9.97 Å². The van der Waals surface area contributed by atoms with Crippen molar-refractivity contribution in [3.05, 3.63) is 51.0 Å². The summed E-state index contributed by atoms with van der Waals surface area (Å²) in [5.74, 6) is -0.338. The topological polar surface area (TPSA) is 86.6 Å². The number of allylic oxidation sites excluding steroid dienone is 2. The van der Waals surface area contributed by atoms with Gasteiger partial charge in [0.05, 0.1) is 17.0 Å². The Balaban J connectivity index is 1.72. The molecule has 25 heavy (non-hydrogen) atoms. The molecular weight excluding hydrogens is 338 g/mol. The van der Waals surface area contributed by atoms with Crippen LogP contribution < -0.4 is 5.56 Å². The van der Waals surface area contributed by atoms with Gasteiger partial charge in [0.2, 0.25) is 0 Å². The molecule has 0 radical (unpaired) electrons. The van der Waals surface area contributed by atoms with Gasteiger partial charge in [-0.05, 0) is 61.8 Å². The summed E-state index contributed by atoms with van der Waals surface area (Å²) in [7, 11) is 0. The summed E-state index contributed by atoms with van der Waals surface area (Å²) in [6, 6.07) is 6.73. The highest BCUT2D eigenvalue weighted by Crippen LogP contribution is 2.48. The van der Waals surface area contributed by atoms with Crippen LogP contribution in [-0.2, 0) is 4.79 Å². The number of nitriles is 1. The van der Waals surface area contributed by atoms with Gasteiger partial charge < -0.3 is 4.98 Å². The lowest BCUT2D eigenvalue weighted by molar-refractivity contribution is -0.115. The fourth-order valence-electron chi connectivity index (χ4n) is 3.18. The summed E-state index contributed by atoms with van der Waals surface area (Å²) in [6.45, 7) is 0. The zero-order valence-electron chi connectivity index (χ0n) is 13.5. The summed E-state index contributed by atoms with van der Waals surface area (Å²) in [5.41, 5.74) is 1.18. The molecule has 2 aromatic rings. The Morgan fingerprint density at radius 1 is 1.32 bits per heavy atom. The maximum absolute atomic E-state index is 12.7. The maximum Gasteiger partial charge on any atom is 0.258 e. The Morgan fingerprint density at radius 2 is 2.00 bits per heavy atom. The molecule has 126 valence electrons. The second-order valence-electron chi connectivity index (χ2n) is 6.77. The molecule has 0 saturated heterocycles. The Kier molecular flexibility index (Phi) is 3.93. The van der Waals surface area contributed by atoms with Crippen LogP contribution in [0.15, 0.2) is 34.6 Å². The molecule has 1 aromatic heterocycles. The zero-order chi connectivity index (χ0) is 17.6. The van der Waals surface area contributed by atoms with Crippen LogP contribution in [0.4, 0.5) is 0 Å². The minimum absolute atomic E-state index is 0.0782. The van der Waals surface area contributed by atoms with Crippen molar-refractivity contribution < 1.29 is 4.79 Å². The number of nitrogens with zero attached hydrogens (tertiary/aromatic N) is 2. The first-order valence-corrected chi connectivity index (χ1v) is 8.79. The largest absolute Gasteiger partial charge is 0.308 e. The van der Waals surface area contributed by atoms with Gasteiger partial charge in [0, 0.05) is 5.02 Å². The molecule has 0 spiro atoms. The number of nitrogens with one attached hydrogen (secondary N) is 1. The number of rotatable bonds is 5. The second kappa shape index (κ2) is 6.12. The number of hydrogen-bond donors (Lipinski definition) is 1. The molecule has 2 saturated carbocycles. The molecule has 0 aliphatic heterocycles. The van der Waals surface area contributed by atoms with E-state index in [1.807, 2.05) is 6.07 Å². The number of carbonyl (C=O) groups is 1. The first-order chi connectivity index (χ1) is 12.1. The summed E-state index contributed by atoms with van der Waals surface area (Å²) < 4.78 is 0.